The highest BCUT2D eigenvalue weighted by molar-refractivity contribution is 6.82. The Hall–Kier alpha value is -4.11. The molecule has 0 unspecified atom stereocenters. The Morgan fingerprint density at radius 3 is 1.62 bits per heavy atom. The molecule has 0 atom stereocenters. The van der Waals surface area contributed by atoms with Crippen LogP contribution in [0.4, 0.5) is 0 Å². The van der Waals surface area contributed by atoms with Gasteiger partial charge in [-0.1, -0.05) is 121 Å². The van der Waals surface area contributed by atoms with Crippen molar-refractivity contribution in [3.63, 3.8) is 0 Å². The third-order valence-corrected chi connectivity index (χ3v) is 5.62. The van der Waals surface area contributed by atoms with Crippen LogP contribution in [-0.2, 0) is 4.65 Å². The maximum absolute atomic E-state index is 13.1. The molecule has 32 heavy (non-hydrogen) atoms. The highest BCUT2D eigenvalue weighted by Gasteiger charge is 2.30. The van der Waals surface area contributed by atoms with Crippen LogP contribution in [0.25, 0.3) is 17.9 Å². The molecular formula is C29H21BO2. The van der Waals surface area contributed by atoms with Crippen LogP contribution in [0.1, 0.15) is 27.0 Å². The van der Waals surface area contributed by atoms with Crippen LogP contribution >= 0.6 is 0 Å². The van der Waals surface area contributed by atoms with Crippen molar-refractivity contribution < 1.29 is 9.45 Å². The zero-order valence-corrected chi connectivity index (χ0v) is 17.5. The second-order valence-electron chi connectivity index (χ2n) is 7.69. The summed E-state index contributed by atoms with van der Waals surface area (Å²) in [5, 5.41) is 0. The molecule has 4 aromatic rings. The van der Waals surface area contributed by atoms with Gasteiger partial charge in [-0.25, -0.2) is 0 Å². The van der Waals surface area contributed by atoms with E-state index < -0.39 is 0 Å². The first-order valence-electron chi connectivity index (χ1n) is 10.7. The first kappa shape index (κ1) is 19.8. The molecule has 1 aliphatic heterocycles. The van der Waals surface area contributed by atoms with Crippen LogP contribution < -0.4 is 10.9 Å². The number of ketones is 1. The highest BCUT2D eigenvalue weighted by atomic mass is 16.4. The number of fused-ring (bicyclic) bond motifs is 2. The highest BCUT2D eigenvalue weighted by Crippen LogP contribution is 2.21. The molecule has 5 rings (SSSR count). The molecule has 0 bridgehead atoms. The first-order chi connectivity index (χ1) is 15.8. The first-order valence-corrected chi connectivity index (χ1v) is 10.7. The Kier molecular flexibility index (Phi) is 5.55. The van der Waals surface area contributed by atoms with E-state index in [1.807, 2.05) is 84.9 Å². The summed E-state index contributed by atoms with van der Waals surface area (Å²) < 4.78 is 6.70. The third kappa shape index (κ3) is 4.06. The van der Waals surface area contributed by atoms with Gasteiger partial charge in [0.15, 0.2) is 5.78 Å². The molecular weight excluding hydrogens is 391 g/mol. The molecule has 0 radical (unpaired) electrons. The third-order valence-electron chi connectivity index (χ3n) is 5.62. The van der Waals surface area contributed by atoms with E-state index in [1.165, 1.54) is 0 Å². The molecule has 0 amide bonds. The van der Waals surface area contributed by atoms with Crippen molar-refractivity contribution in [2.75, 3.05) is 0 Å². The number of hydrogen-bond donors (Lipinski definition) is 0. The standard InChI is InChI=1S/C29H21BO2/c31-28(24-13-3-1-4-14-24)21-29(25-15-5-2-6-16-25)32-30-26-17-9-7-11-22(26)19-20-23-12-8-10-18-27(23)30/h1-21H/b29-21-. The van der Waals surface area contributed by atoms with Gasteiger partial charge in [-0.3, -0.25) is 4.79 Å². The van der Waals surface area contributed by atoms with Gasteiger partial charge in [-0.15, -0.1) is 0 Å². The van der Waals surface area contributed by atoms with Gasteiger partial charge in [-0.2, -0.15) is 0 Å². The minimum Gasteiger partial charge on any atom is -0.551 e. The summed E-state index contributed by atoms with van der Waals surface area (Å²) in [7, 11) is 0. The maximum atomic E-state index is 13.1. The van der Waals surface area contributed by atoms with Gasteiger partial charge < -0.3 is 4.65 Å². The van der Waals surface area contributed by atoms with Crippen LogP contribution in [0.3, 0.4) is 0 Å². The molecule has 2 nitrogen and oxygen atoms in total. The van der Waals surface area contributed by atoms with Gasteiger partial charge in [0.2, 0.25) is 0 Å². The lowest BCUT2D eigenvalue weighted by Crippen LogP contribution is -2.46. The Labute approximate surface area is 188 Å². The van der Waals surface area contributed by atoms with Crippen molar-refractivity contribution in [3.8, 4) is 0 Å². The van der Waals surface area contributed by atoms with Crippen LogP contribution in [0.5, 0.6) is 0 Å². The summed E-state index contributed by atoms with van der Waals surface area (Å²) in [6, 6.07) is 35.6. The van der Waals surface area contributed by atoms with Crippen molar-refractivity contribution in [3.05, 3.63) is 138 Å². The normalized spacial score (nSPS) is 12.5. The molecule has 0 aliphatic carbocycles. The SMILES string of the molecule is O=C(/C=C(\OB1c2ccccc2C=Cc2ccccc21)c1ccccc1)c1ccccc1. The van der Waals surface area contributed by atoms with E-state index in [-0.39, 0.29) is 12.7 Å². The van der Waals surface area contributed by atoms with Crippen LogP contribution in [-0.4, -0.2) is 12.7 Å². The lowest BCUT2D eigenvalue weighted by molar-refractivity contribution is 0.104. The summed E-state index contributed by atoms with van der Waals surface area (Å²) in [6.07, 6.45) is 5.85. The fourth-order valence-corrected chi connectivity index (χ4v) is 4.00. The second kappa shape index (κ2) is 8.95. The lowest BCUT2D eigenvalue weighted by atomic mass is 9.53. The second-order valence-corrected chi connectivity index (χ2v) is 7.69. The molecule has 3 heteroatoms. The van der Waals surface area contributed by atoms with E-state index in [0.29, 0.717) is 11.3 Å². The van der Waals surface area contributed by atoms with Gasteiger partial charge in [-0.05, 0) is 22.1 Å². The summed E-state index contributed by atoms with van der Waals surface area (Å²) in [5.74, 6) is 0.466. The van der Waals surface area contributed by atoms with E-state index in [4.69, 9.17) is 4.65 Å². The number of benzene rings is 4. The van der Waals surface area contributed by atoms with Crippen LogP contribution in [0.15, 0.2) is 115 Å². The van der Waals surface area contributed by atoms with Crippen molar-refractivity contribution in [1.29, 1.82) is 0 Å². The zero-order chi connectivity index (χ0) is 21.8. The predicted molar refractivity (Wildman–Crippen MR) is 133 cm³/mol. The van der Waals surface area contributed by atoms with E-state index in [0.717, 1.165) is 27.6 Å². The largest absolute Gasteiger partial charge is 0.551 e. The Morgan fingerprint density at radius 1 is 0.594 bits per heavy atom. The summed E-state index contributed by atoms with van der Waals surface area (Å²) in [5.41, 5.74) is 5.85. The zero-order valence-electron chi connectivity index (χ0n) is 17.5. The van der Waals surface area contributed by atoms with Gasteiger partial charge in [0, 0.05) is 17.2 Å². The number of carbonyl (C=O) groups excluding carboxylic acids is 1. The molecule has 0 N–H and O–H groups in total. The summed E-state index contributed by atoms with van der Waals surface area (Å²) in [4.78, 5) is 13.1. The van der Waals surface area contributed by atoms with Crippen molar-refractivity contribution in [2.45, 2.75) is 0 Å². The van der Waals surface area contributed by atoms with Crippen molar-refractivity contribution >= 4 is 41.5 Å². The fraction of sp³-hybridized carbons (Fsp3) is 0. The maximum Gasteiger partial charge on any atom is 0.427 e. The quantitative estimate of drug-likeness (QED) is 0.195. The average molecular weight is 412 g/mol. The van der Waals surface area contributed by atoms with Crippen molar-refractivity contribution in [1.82, 2.24) is 0 Å². The molecule has 1 heterocycles. The topological polar surface area (TPSA) is 26.3 Å². The Balaban J connectivity index is 1.62. The number of allylic oxidation sites excluding steroid dienone is 1. The molecule has 4 aromatic carbocycles. The molecule has 0 saturated carbocycles. The monoisotopic (exact) mass is 412 g/mol. The summed E-state index contributed by atoms with van der Waals surface area (Å²) in [6.45, 7) is -0.340. The number of rotatable bonds is 5. The molecule has 0 spiro atoms. The van der Waals surface area contributed by atoms with E-state index in [1.54, 1.807) is 6.08 Å². The summed E-state index contributed by atoms with van der Waals surface area (Å²) >= 11 is 0. The van der Waals surface area contributed by atoms with Gasteiger partial charge >= 0.3 is 6.92 Å². The van der Waals surface area contributed by atoms with E-state index >= 15 is 0 Å². The molecule has 0 fully saturated rings. The minimum atomic E-state index is -0.340. The molecule has 0 saturated heterocycles. The number of hydrogen-bond acceptors (Lipinski definition) is 2. The van der Waals surface area contributed by atoms with E-state index in [2.05, 4.69) is 36.4 Å². The lowest BCUT2D eigenvalue weighted by Gasteiger charge is -2.21. The van der Waals surface area contributed by atoms with Crippen molar-refractivity contribution in [2.24, 2.45) is 0 Å². The predicted octanol–water partition coefficient (Wildman–Crippen LogP) is 5.22. The van der Waals surface area contributed by atoms with Gasteiger partial charge in [0.1, 0.15) is 5.76 Å². The smallest absolute Gasteiger partial charge is 0.427 e. The van der Waals surface area contributed by atoms with Gasteiger partial charge in [0.05, 0.1) is 0 Å². The molecule has 152 valence electrons. The Bertz CT molecular complexity index is 1260. The average Bonchev–Trinajstić information content (AvgIpc) is 3.02. The molecule has 1 aliphatic rings. The van der Waals surface area contributed by atoms with Crippen LogP contribution in [0, 0.1) is 0 Å². The Morgan fingerprint density at radius 2 is 1.06 bits per heavy atom. The van der Waals surface area contributed by atoms with Gasteiger partial charge in [0.25, 0.3) is 0 Å². The number of carbonyl (C=O) groups is 1. The minimum absolute atomic E-state index is 0.0854. The van der Waals surface area contributed by atoms with E-state index in [9.17, 15) is 4.79 Å². The molecule has 0 aromatic heterocycles. The van der Waals surface area contributed by atoms with Crippen LogP contribution in [0.2, 0.25) is 0 Å². The fourth-order valence-electron chi connectivity index (χ4n) is 4.00.